The van der Waals surface area contributed by atoms with E-state index >= 15 is 0 Å². The summed E-state index contributed by atoms with van der Waals surface area (Å²) in [6, 6.07) is 27.4. The third kappa shape index (κ3) is 6.41. The van der Waals surface area contributed by atoms with Gasteiger partial charge in [-0.25, -0.2) is 4.39 Å². The van der Waals surface area contributed by atoms with E-state index in [1.165, 1.54) is 31.7 Å². The minimum atomic E-state index is -0.211. The molecule has 3 N–H and O–H groups in total. The Bertz CT molecular complexity index is 1490. The van der Waals surface area contributed by atoms with Gasteiger partial charge in [-0.3, -0.25) is 10.6 Å². The van der Waals surface area contributed by atoms with Crippen LogP contribution in [0.25, 0.3) is 11.1 Å². The number of rotatable bonds is 5. The van der Waals surface area contributed by atoms with Crippen molar-refractivity contribution in [2.45, 2.75) is 75.0 Å². The summed E-state index contributed by atoms with van der Waals surface area (Å²) in [5, 5.41) is 33.8. The van der Waals surface area contributed by atoms with Gasteiger partial charge >= 0.3 is 0 Å². The van der Waals surface area contributed by atoms with E-state index in [0.29, 0.717) is 17.5 Å². The van der Waals surface area contributed by atoms with Crippen LogP contribution in [0.4, 0.5) is 4.39 Å². The molecular formula is C36H37FN4O. The van der Waals surface area contributed by atoms with Gasteiger partial charge in [0.25, 0.3) is 0 Å². The number of hydrogen-bond acceptors (Lipinski definition) is 5. The fourth-order valence-corrected chi connectivity index (χ4v) is 6.35. The molecule has 0 unspecified atom stereocenters. The Hall–Kier alpha value is -3.99. The zero-order valence-electron chi connectivity index (χ0n) is 23.9. The standard InChI is InChI=1S/C18H17FN2.C18H20N2O/c1-2-16-18(17(11-20)21-16)13-9-7-12(8-10-13)14-5-3-4-6-15(14)19;19-11-16-18(17(12-21)20-16)15-9-7-14(8-10-15)6-5-13-3-1-2-4-13/h3-10,16-18,21H,2H2,1H3;7-10,13,16-18,20-21H,1-4,12H2/t2*16-,17+,18-/m10/s1. The van der Waals surface area contributed by atoms with E-state index < -0.39 is 0 Å². The molecule has 42 heavy (non-hydrogen) atoms. The molecule has 3 aliphatic rings. The minimum absolute atomic E-state index is 0.00919. The van der Waals surface area contributed by atoms with E-state index in [0.717, 1.165) is 28.7 Å². The third-order valence-corrected chi connectivity index (χ3v) is 8.84. The summed E-state index contributed by atoms with van der Waals surface area (Å²) in [5.41, 5.74) is 4.76. The normalized spacial score (nSPS) is 26.2. The zero-order valence-corrected chi connectivity index (χ0v) is 23.9. The topological polar surface area (TPSA) is 91.9 Å². The number of halogens is 1. The van der Waals surface area contributed by atoms with Crippen LogP contribution < -0.4 is 10.6 Å². The molecule has 2 heterocycles. The molecule has 3 fully saturated rings. The van der Waals surface area contributed by atoms with Crippen LogP contribution in [0.2, 0.25) is 0 Å². The average molecular weight is 561 g/mol. The molecule has 3 aromatic carbocycles. The lowest BCUT2D eigenvalue weighted by Gasteiger charge is -2.42. The Morgan fingerprint density at radius 3 is 1.95 bits per heavy atom. The van der Waals surface area contributed by atoms with Crippen molar-refractivity contribution in [1.82, 2.24) is 10.6 Å². The van der Waals surface area contributed by atoms with E-state index in [1.54, 1.807) is 12.1 Å². The lowest BCUT2D eigenvalue weighted by molar-refractivity contribution is 0.151. The molecule has 6 heteroatoms. The molecule has 1 aliphatic carbocycles. The summed E-state index contributed by atoms with van der Waals surface area (Å²) >= 11 is 0. The van der Waals surface area contributed by atoms with Crippen molar-refractivity contribution in [3.8, 4) is 35.1 Å². The summed E-state index contributed by atoms with van der Waals surface area (Å²) in [7, 11) is 0. The molecule has 0 amide bonds. The van der Waals surface area contributed by atoms with Crippen LogP contribution in [0.1, 0.15) is 67.6 Å². The Morgan fingerprint density at radius 2 is 1.38 bits per heavy atom. The van der Waals surface area contributed by atoms with Crippen LogP contribution in [-0.2, 0) is 0 Å². The van der Waals surface area contributed by atoms with Crippen LogP contribution in [0.5, 0.6) is 0 Å². The van der Waals surface area contributed by atoms with Crippen molar-refractivity contribution >= 4 is 0 Å². The molecule has 0 radical (unpaired) electrons. The van der Waals surface area contributed by atoms with E-state index in [-0.39, 0.29) is 42.4 Å². The van der Waals surface area contributed by atoms with Crippen molar-refractivity contribution in [3.05, 3.63) is 95.3 Å². The van der Waals surface area contributed by atoms with Gasteiger partial charge in [-0.15, -0.1) is 0 Å². The fourth-order valence-electron chi connectivity index (χ4n) is 6.35. The summed E-state index contributed by atoms with van der Waals surface area (Å²) in [4.78, 5) is 0. The number of aliphatic hydroxyl groups is 1. The molecule has 1 saturated carbocycles. The van der Waals surface area contributed by atoms with Gasteiger partial charge in [0.1, 0.15) is 17.9 Å². The Kier molecular flexibility index (Phi) is 9.68. The van der Waals surface area contributed by atoms with Crippen LogP contribution in [-0.4, -0.2) is 35.9 Å². The van der Waals surface area contributed by atoms with Crippen molar-refractivity contribution in [1.29, 1.82) is 10.5 Å². The van der Waals surface area contributed by atoms with Gasteiger partial charge in [-0.2, -0.15) is 10.5 Å². The fraction of sp³-hybridized carbons (Fsp3) is 0.389. The first-order valence-corrected chi connectivity index (χ1v) is 14.9. The van der Waals surface area contributed by atoms with Crippen molar-refractivity contribution in [2.75, 3.05) is 6.61 Å². The molecule has 0 bridgehead atoms. The van der Waals surface area contributed by atoms with Gasteiger partial charge in [-0.05, 0) is 54.2 Å². The second-order valence-corrected chi connectivity index (χ2v) is 11.4. The van der Waals surface area contributed by atoms with E-state index in [4.69, 9.17) is 10.5 Å². The van der Waals surface area contributed by atoms with Gasteiger partial charge in [0.15, 0.2) is 0 Å². The molecule has 0 spiro atoms. The van der Waals surface area contributed by atoms with E-state index in [9.17, 15) is 9.50 Å². The molecule has 6 atom stereocenters. The summed E-state index contributed by atoms with van der Waals surface area (Å²) in [6.45, 7) is 2.18. The number of nitrogens with zero attached hydrogens (tertiary/aromatic N) is 2. The van der Waals surface area contributed by atoms with Crippen LogP contribution in [0, 0.1) is 46.2 Å². The predicted molar refractivity (Wildman–Crippen MR) is 163 cm³/mol. The molecular weight excluding hydrogens is 523 g/mol. The van der Waals surface area contributed by atoms with Crippen molar-refractivity contribution in [2.24, 2.45) is 5.92 Å². The van der Waals surface area contributed by atoms with Crippen LogP contribution in [0.15, 0.2) is 72.8 Å². The summed E-state index contributed by atoms with van der Waals surface area (Å²) in [6.07, 6.45) is 6.09. The van der Waals surface area contributed by atoms with E-state index in [1.807, 2.05) is 54.6 Å². The smallest absolute Gasteiger partial charge is 0.131 e. The number of nitriles is 2. The lowest BCUT2D eigenvalue weighted by atomic mass is 9.76. The first kappa shape index (κ1) is 29.5. The van der Waals surface area contributed by atoms with Crippen molar-refractivity contribution < 1.29 is 9.50 Å². The molecule has 3 aromatic rings. The maximum absolute atomic E-state index is 13.8. The molecule has 6 rings (SSSR count). The highest BCUT2D eigenvalue weighted by Gasteiger charge is 2.41. The highest BCUT2D eigenvalue weighted by atomic mass is 19.1. The minimum Gasteiger partial charge on any atom is -0.395 e. The second-order valence-electron chi connectivity index (χ2n) is 11.4. The molecule has 0 aromatic heterocycles. The predicted octanol–water partition coefficient (Wildman–Crippen LogP) is 6.02. The number of hydrogen-bond donors (Lipinski definition) is 3. The summed E-state index contributed by atoms with van der Waals surface area (Å²) < 4.78 is 13.8. The highest BCUT2D eigenvalue weighted by molar-refractivity contribution is 5.64. The SMILES string of the molecule is CC[C@H]1N[C@@H](C#N)[C@@H]1c1ccc(-c2ccccc2F)cc1.N#C[C@@H]1N[C@H](CO)[C@H]1c1ccc(C#CC2CCCC2)cc1. The first-order chi connectivity index (χ1) is 20.6. The molecule has 2 aliphatic heterocycles. The highest BCUT2D eigenvalue weighted by Crippen LogP contribution is 2.35. The largest absolute Gasteiger partial charge is 0.395 e. The Balaban J connectivity index is 0.000000168. The summed E-state index contributed by atoms with van der Waals surface area (Å²) in [5.74, 6) is 7.29. The lowest BCUT2D eigenvalue weighted by Crippen LogP contribution is -2.60. The van der Waals surface area contributed by atoms with Gasteiger partial charge < -0.3 is 5.11 Å². The average Bonchev–Trinajstić information content (AvgIpc) is 3.52. The second kappa shape index (κ2) is 13.8. The Morgan fingerprint density at radius 1 is 0.810 bits per heavy atom. The van der Waals surface area contributed by atoms with E-state index in [2.05, 4.69) is 41.5 Å². The van der Waals surface area contributed by atoms with Crippen LogP contribution in [0.3, 0.4) is 0 Å². The molecule has 5 nitrogen and oxygen atoms in total. The number of benzene rings is 3. The number of nitrogens with one attached hydrogen (secondary N) is 2. The third-order valence-electron chi connectivity index (χ3n) is 8.84. The van der Waals surface area contributed by atoms with Gasteiger partial charge in [-0.1, -0.05) is 86.2 Å². The Labute approximate surface area is 248 Å². The molecule has 214 valence electrons. The number of aliphatic hydroxyl groups excluding tert-OH is 1. The maximum atomic E-state index is 13.8. The van der Waals surface area contributed by atoms with Gasteiger partial charge in [0, 0.05) is 41.0 Å². The quantitative estimate of drug-likeness (QED) is 0.332. The van der Waals surface area contributed by atoms with Gasteiger partial charge in [0.2, 0.25) is 0 Å². The maximum Gasteiger partial charge on any atom is 0.131 e. The van der Waals surface area contributed by atoms with Gasteiger partial charge in [0.05, 0.1) is 18.7 Å². The molecule has 2 saturated heterocycles. The zero-order chi connectivity index (χ0) is 29.5. The van der Waals surface area contributed by atoms with Crippen LogP contribution >= 0.6 is 0 Å². The monoisotopic (exact) mass is 560 g/mol. The van der Waals surface area contributed by atoms with Crippen molar-refractivity contribution in [3.63, 3.8) is 0 Å². The first-order valence-electron chi connectivity index (χ1n) is 14.9.